The van der Waals surface area contributed by atoms with Gasteiger partial charge in [-0.1, -0.05) is 19.9 Å². The van der Waals surface area contributed by atoms with E-state index in [1.54, 1.807) is 6.08 Å². The van der Waals surface area contributed by atoms with Crippen LogP contribution in [-0.4, -0.2) is 14.6 Å². The van der Waals surface area contributed by atoms with Crippen molar-refractivity contribution in [2.75, 3.05) is 0 Å². The lowest BCUT2D eigenvalue weighted by Gasteiger charge is -2.32. The van der Waals surface area contributed by atoms with Gasteiger partial charge in [-0.25, -0.2) is 0 Å². The molecule has 0 bridgehead atoms. The van der Waals surface area contributed by atoms with Crippen LogP contribution < -0.4 is 0 Å². The first-order chi connectivity index (χ1) is 4.31. The molecule has 3 heteroatoms. The van der Waals surface area contributed by atoms with Crippen LogP contribution >= 0.6 is 23.2 Å². The molecule has 0 aromatic rings. The first kappa shape index (κ1) is 10.5. The molecule has 0 atom stereocenters. The Hall–Kier alpha value is 0.537. The average molecular weight is 197 g/mol. The second kappa shape index (κ2) is 3.29. The standard InChI is InChI=1S/C7H14Cl2Si/c1-4-5-7(8,9)6(2,3)10/h4H,1,5H2,2-3,10H3. The number of halogens is 2. The quantitative estimate of drug-likeness (QED) is 0.370. The molecule has 0 unspecified atom stereocenters. The second-order valence-electron chi connectivity index (χ2n) is 3.45. The largest absolute Gasteiger partial charge is 0.123 e. The van der Waals surface area contributed by atoms with Crippen molar-refractivity contribution in [3.05, 3.63) is 12.7 Å². The molecule has 0 aliphatic rings. The Kier molecular flexibility index (Phi) is 3.47. The summed E-state index contributed by atoms with van der Waals surface area (Å²) >= 11 is 12.1. The molecule has 0 aromatic heterocycles. The molecule has 10 heavy (non-hydrogen) atoms. The molecule has 0 saturated carbocycles. The normalized spacial score (nSPS) is 13.6. The Labute approximate surface area is 76.0 Å². The molecule has 0 rings (SSSR count). The van der Waals surface area contributed by atoms with Gasteiger partial charge in [0.15, 0.2) is 0 Å². The highest BCUT2D eigenvalue weighted by atomic mass is 35.5. The van der Waals surface area contributed by atoms with Gasteiger partial charge in [0.25, 0.3) is 0 Å². The van der Waals surface area contributed by atoms with Gasteiger partial charge in [-0.05, 0) is 11.5 Å². The van der Waals surface area contributed by atoms with Crippen molar-refractivity contribution in [1.82, 2.24) is 0 Å². The molecule has 0 aliphatic heterocycles. The van der Waals surface area contributed by atoms with Crippen LogP contribution in [0.2, 0.25) is 5.04 Å². The van der Waals surface area contributed by atoms with Crippen molar-refractivity contribution in [3.8, 4) is 0 Å². The molecule has 0 spiro atoms. The van der Waals surface area contributed by atoms with Crippen LogP contribution in [-0.2, 0) is 0 Å². The van der Waals surface area contributed by atoms with Gasteiger partial charge < -0.3 is 0 Å². The Morgan fingerprint density at radius 1 is 1.50 bits per heavy atom. The summed E-state index contributed by atoms with van der Waals surface area (Å²) in [5.74, 6) is 0. The van der Waals surface area contributed by atoms with Crippen LogP contribution in [0.1, 0.15) is 20.3 Å². The highest BCUT2D eigenvalue weighted by Crippen LogP contribution is 2.46. The summed E-state index contributed by atoms with van der Waals surface area (Å²) in [4.78, 5) is 0. The fraction of sp³-hybridized carbons (Fsp3) is 0.714. The fourth-order valence-electron chi connectivity index (χ4n) is 0.487. The van der Waals surface area contributed by atoms with E-state index in [1.165, 1.54) is 0 Å². The van der Waals surface area contributed by atoms with Crippen molar-refractivity contribution >= 4 is 33.4 Å². The van der Waals surface area contributed by atoms with Crippen LogP contribution in [0.5, 0.6) is 0 Å². The Morgan fingerprint density at radius 2 is 1.90 bits per heavy atom. The van der Waals surface area contributed by atoms with Gasteiger partial charge in [-0.2, -0.15) is 0 Å². The summed E-state index contributed by atoms with van der Waals surface area (Å²) in [5, 5.41) is 0.0459. The minimum Gasteiger partial charge on any atom is -0.103 e. The lowest BCUT2D eigenvalue weighted by Crippen LogP contribution is -2.27. The number of hydrogen-bond donors (Lipinski definition) is 0. The van der Waals surface area contributed by atoms with Crippen molar-refractivity contribution in [2.24, 2.45) is 0 Å². The molecule has 0 amide bonds. The van der Waals surface area contributed by atoms with E-state index in [0.717, 1.165) is 10.2 Å². The number of rotatable bonds is 3. The zero-order valence-corrected chi connectivity index (χ0v) is 10.3. The number of allylic oxidation sites excluding steroid dienone is 1. The molecular formula is C7H14Cl2Si. The smallest absolute Gasteiger partial charge is 0.103 e. The van der Waals surface area contributed by atoms with Gasteiger partial charge in [0.1, 0.15) is 4.33 Å². The molecular weight excluding hydrogens is 183 g/mol. The summed E-state index contributed by atoms with van der Waals surface area (Å²) in [6.45, 7) is 7.75. The van der Waals surface area contributed by atoms with Crippen molar-refractivity contribution < 1.29 is 0 Å². The number of hydrogen-bond acceptors (Lipinski definition) is 0. The maximum atomic E-state index is 6.04. The van der Waals surface area contributed by atoms with E-state index in [2.05, 4.69) is 20.4 Å². The van der Waals surface area contributed by atoms with Crippen LogP contribution in [0.15, 0.2) is 12.7 Å². The van der Waals surface area contributed by atoms with Crippen molar-refractivity contribution in [3.63, 3.8) is 0 Å². The van der Waals surface area contributed by atoms with E-state index in [1.807, 2.05) is 0 Å². The van der Waals surface area contributed by atoms with E-state index in [9.17, 15) is 0 Å². The van der Waals surface area contributed by atoms with E-state index in [0.29, 0.717) is 6.42 Å². The van der Waals surface area contributed by atoms with E-state index < -0.39 is 4.33 Å². The van der Waals surface area contributed by atoms with E-state index in [4.69, 9.17) is 23.2 Å². The highest BCUT2D eigenvalue weighted by molar-refractivity contribution is 6.52. The van der Waals surface area contributed by atoms with E-state index in [-0.39, 0.29) is 5.04 Å². The van der Waals surface area contributed by atoms with Gasteiger partial charge in [-0.3, -0.25) is 0 Å². The topological polar surface area (TPSA) is 0 Å². The first-order valence-corrected chi connectivity index (χ1v) is 5.05. The average Bonchev–Trinajstić information content (AvgIpc) is 1.61. The fourth-order valence-corrected chi connectivity index (χ4v) is 0.910. The summed E-state index contributed by atoms with van der Waals surface area (Å²) in [7, 11) is 0.989. The summed E-state index contributed by atoms with van der Waals surface area (Å²) in [6.07, 6.45) is 2.42. The molecule has 0 fully saturated rings. The molecule has 0 saturated heterocycles. The summed E-state index contributed by atoms with van der Waals surface area (Å²) in [6, 6.07) is 0. The molecule has 0 nitrogen and oxygen atoms in total. The molecule has 0 N–H and O–H groups in total. The third kappa shape index (κ3) is 2.65. The zero-order valence-electron chi connectivity index (χ0n) is 6.75. The molecule has 0 aromatic carbocycles. The summed E-state index contributed by atoms with van der Waals surface area (Å²) < 4.78 is -0.624. The zero-order chi connectivity index (χ0) is 8.41. The lowest BCUT2D eigenvalue weighted by molar-refractivity contribution is 0.580. The van der Waals surface area contributed by atoms with Crippen LogP contribution in [0.4, 0.5) is 0 Å². The third-order valence-electron chi connectivity index (χ3n) is 1.50. The Balaban J connectivity index is 4.23. The van der Waals surface area contributed by atoms with Crippen LogP contribution in [0, 0.1) is 0 Å². The predicted octanol–water partition coefficient (Wildman–Crippen LogP) is 2.30. The SMILES string of the molecule is C=CCC(Cl)(Cl)C(C)(C)[SiH3]. The molecule has 60 valence electrons. The van der Waals surface area contributed by atoms with Crippen LogP contribution in [0.3, 0.4) is 0 Å². The highest BCUT2D eigenvalue weighted by Gasteiger charge is 2.36. The minimum atomic E-state index is -0.624. The maximum Gasteiger partial charge on any atom is 0.123 e. The molecule has 0 radical (unpaired) electrons. The Morgan fingerprint density at radius 3 is 2.00 bits per heavy atom. The first-order valence-electron chi connectivity index (χ1n) is 3.30. The van der Waals surface area contributed by atoms with Gasteiger partial charge in [0, 0.05) is 10.2 Å². The van der Waals surface area contributed by atoms with Gasteiger partial charge in [0.2, 0.25) is 0 Å². The lowest BCUT2D eigenvalue weighted by atomic mass is 10.1. The Bertz CT molecular complexity index is 124. The predicted molar refractivity (Wildman–Crippen MR) is 53.2 cm³/mol. The number of alkyl halides is 2. The van der Waals surface area contributed by atoms with E-state index >= 15 is 0 Å². The summed E-state index contributed by atoms with van der Waals surface area (Å²) in [5.41, 5.74) is 0. The van der Waals surface area contributed by atoms with Crippen LogP contribution in [0.25, 0.3) is 0 Å². The minimum absolute atomic E-state index is 0.0459. The van der Waals surface area contributed by atoms with Crippen molar-refractivity contribution in [1.29, 1.82) is 0 Å². The van der Waals surface area contributed by atoms with Gasteiger partial charge >= 0.3 is 0 Å². The molecule has 0 aliphatic carbocycles. The monoisotopic (exact) mass is 196 g/mol. The third-order valence-corrected chi connectivity index (χ3v) is 4.43. The second-order valence-corrected chi connectivity index (χ2v) is 7.43. The van der Waals surface area contributed by atoms with Crippen molar-refractivity contribution in [2.45, 2.75) is 29.6 Å². The van der Waals surface area contributed by atoms with Gasteiger partial charge in [0.05, 0.1) is 0 Å². The van der Waals surface area contributed by atoms with Gasteiger partial charge in [-0.15, -0.1) is 29.8 Å². The maximum absolute atomic E-state index is 6.04. The molecule has 0 heterocycles.